The van der Waals surface area contributed by atoms with Gasteiger partial charge in [-0.1, -0.05) is 18.2 Å². The van der Waals surface area contributed by atoms with Crippen molar-refractivity contribution in [2.45, 2.75) is 13.1 Å². The van der Waals surface area contributed by atoms with E-state index >= 15 is 0 Å². The van der Waals surface area contributed by atoms with Crippen molar-refractivity contribution in [3.63, 3.8) is 0 Å². The fourth-order valence-corrected chi connectivity index (χ4v) is 3.79. The van der Waals surface area contributed by atoms with Gasteiger partial charge in [0, 0.05) is 25.8 Å². The lowest BCUT2D eigenvalue weighted by atomic mass is 10.2. The second kappa shape index (κ2) is 8.30. The molecule has 0 atom stereocenters. The van der Waals surface area contributed by atoms with Crippen LogP contribution in [-0.4, -0.2) is 58.1 Å². The topological polar surface area (TPSA) is 68.2 Å². The molecule has 0 aliphatic carbocycles. The summed E-state index contributed by atoms with van der Waals surface area (Å²) in [5.41, 5.74) is 5.29. The number of benzene rings is 2. The Morgan fingerprint density at radius 2 is 1.80 bits per heavy atom. The molecule has 1 N–H and O–H groups in total. The predicted molar refractivity (Wildman–Crippen MR) is 116 cm³/mol. The zero-order chi connectivity index (χ0) is 20.3. The minimum Gasteiger partial charge on any atom is -0.497 e. The summed E-state index contributed by atoms with van der Waals surface area (Å²) in [6, 6.07) is 16.5. The molecule has 4 aromatic rings. The van der Waals surface area contributed by atoms with Crippen LogP contribution >= 0.6 is 0 Å². The Balaban J connectivity index is 1.31. The van der Waals surface area contributed by atoms with Crippen molar-refractivity contribution in [3.05, 3.63) is 65.9 Å². The highest BCUT2D eigenvalue weighted by molar-refractivity contribution is 5.79. The number of nitrogens with zero attached hydrogens (tertiary/aromatic N) is 4. The predicted octanol–water partition coefficient (Wildman–Crippen LogP) is 3.32. The number of aromatic amines is 1. The Kier molecular flexibility index (Phi) is 5.21. The number of ether oxygens (including phenoxy) is 2. The maximum atomic E-state index is 5.44. The molecular formula is C23H25N5O2. The molecule has 0 amide bonds. The summed E-state index contributed by atoms with van der Waals surface area (Å²) in [5.74, 6) is 1.65. The van der Waals surface area contributed by atoms with Gasteiger partial charge in [0.15, 0.2) is 5.82 Å². The Morgan fingerprint density at radius 3 is 2.60 bits per heavy atom. The molecule has 7 heteroatoms. The van der Waals surface area contributed by atoms with Crippen molar-refractivity contribution in [1.82, 2.24) is 24.6 Å². The summed E-state index contributed by atoms with van der Waals surface area (Å²) in [4.78, 5) is 10.6. The number of morpholine rings is 1. The van der Waals surface area contributed by atoms with E-state index in [2.05, 4.69) is 40.2 Å². The number of hydrogen-bond donors (Lipinski definition) is 1. The summed E-state index contributed by atoms with van der Waals surface area (Å²) in [6.07, 6.45) is 1.98. The third-order valence-electron chi connectivity index (χ3n) is 5.44. The SMILES string of the molecule is COc1ccc(Cn2ccc(-c3nc4ccc(CN5CCOCC5)cc4[nH]3)n2)cc1. The quantitative estimate of drug-likeness (QED) is 0.535. The molecule has 5 rings (SSSR count). The lowest BCUT2D eigenvalue weighted by Crippen LogP contribution is -2.35. The van der Waals surface area contributed by atoms with Crippen molar-refractivity contribution >= 4 is 11.0 Å². The number of H-pyrrole nitrogens is 1. The lowest BCUT2D eigenvalue weighted by molar-refractivity contribution is 0.0342. The van der Waals surface area contributed by atoms with Crippen LogP contribution in [0.4, 0.5) is 0 Å². The average molecular weight is 403 g/mol. The van der Waals surface area contributed by atoms with Gasteiger partial charge >= 0.3 is 0 Å². The number of methoxy groups -OCH3 is 1. The summed E-state index contributed by atoms with van der Waals surface area (Å²) in [6.45, 7) is 5.24. The van der Waals surface area contributed by atoms with Crippen molar-refractivity contribution in [2.75, 3.05) is 33.4 Å². The first-order valence-corrected chi connectivity index (χ1v) is 10.2. The van der Waals surface area contributed by atoms with E-state index in [1.807, 2.05) is 29.1 Å². The molecule has 154 valence electrons. The van der Waals surface area contributed by atoms with Crippen LogP contribution in [0.25, 0.3) is 22.6 Å². The number of rotatable bonds is 6. The molecular weight excluding hydrogens is 378 g/mol. The van der Waals surface area contributed by atoms with Gasteiger partial charge in [0.1, 0.15) is 11.4 Å². The van der Waals surface area contributed by atoms with Gasteiger partial charge in [0.05, 0.1) is 37.9 Å². The van der Waals surface area contributed by atoms with E-state index in [1.165, 1.54) is 11.1 Å². The van der Waals surface area contributed by atoms with E-state index in [9.17, 15) is 0 Å². The third kappa shape index (κ3) is 4.08. The van der Waals surface area contributed by atoms with E-state index in [0.717, 1.165) is 61.1 Å². The molecule has 0 saturated carbocycles. The van der Waals surface area contributed by atoms with E-state index in [0.29, 0.717) is 6.54 Å². The third-order valence-corrected chi connectivity index (χ3v) is 5.44. The van der Waals surface area contributed by atoms with Crippen LogP contribution in [0.1, 0.15) is 11.1 Å². The first-order chi connectivity index (χ1) is 14.8. The van der Waals surface area contributed by atoms with Crippen molar-refractivity contribution in [2.24, 2.45) is 0 Å². The highest BCUT2D eigenvalue weighted by Crippen LogP contribution is 2.21. The van der Waals surface area contributed by atoms with Crippen molar-refractivity contribution in [1.29, 1.82) is 0 Å². The largest absolute Gasteiger partial charge is 0.497 e. The second-order valence-corrected chi connectivity index (χ2v) is 7.57. The molecule has 3 heterocycles. The van der Waals surface area contributed by atoms with Gasteiger partial charge in [-0.2, -0.15) is 5.10 Å². The summed E-state index contributed by atoms with van der Waals surface area (Å²) in [5, 5.41) is 4.70. The Labute approximate surface area is 175 Å². The molecule has 1 fully saturated rings. The fourth-order valence-electron chi connectivity index (χ4n) is 3.79. The van der Waals surface area contributed by atoms with E-state index < -0.39 is 0 Å². The van der Waals surface area contributed by atoms with Gasteiger partial charge in [-0.15, -0.1) is 0 Å². The van der Waals surface area contributed by atoms with Gasteiger partial charge in [0.25, 0.3) is 0 Å². The molecule has 0 unspecified atom stereocenters. The van der Waals surface area contributed by atoms with Crippen molar-refractivity contribution < 1.29 is 9.47 Å². The van der Waals surface area contributed by atoms with E-state index in [1.54, 1.807) is 7.11 Å². The van der Waals surface area contributed by atoms with Gasteiger partial charge in [-0.25, -0.2) is 4.98 Å². The van der Waals surface area contributed by atoms with Crippen LogP contribution in [0.2, 0.25) is 0 Å². The van der Waals surface area contributed by atoms with E-state index in [4.69, 9.17) is 19.6 Å². The molecule has 7 nitrogen and oxygen atoms in total. The molecule has 2 aromatic heterocycles. The minimum absolute atomic E-state index is 0.702. The Bertz CT molecular complexity index is 1130. The Morgan fingerprint density at radius 1 is 1.00 bits per heavy atom. The normalized spacial score (nSPS) is 15.0. The maximum Gasteiger partial charge on any atom is 0.159 e. The Hall–Kier alpha value is -3.16. The van der Waals surface area contributed by atoms with Crippen LogP contribution in [-0.2, 0) is 17.8 Å². The van der Waals surface area contributed by atoms with Gasteiger partial charge in [-0.05, 0) is 41.5 Å². The molecule has 1 saturated heterocycles. The first kappa shape index (κ1) is 18.8. The summed E-state index contributed by atoms with van der Waals surface area (Å²) >= 11 is 0. The van der Waals surface area contributed by atoms with E-state index in [-0.39, 0.29) is 0 Å². The average Bonchev–Trinajstić information content (AvgIpc) is 3.41. The molecule has 0 spiro atoms. The molecule has 2 aromatic carbocycles. The minimum atomic E-state index is 0.702. The number of aromatic nitrogens is 4. The fraction of sp³-hybridized carbons (Fsp3) is 0.304. The molecule has 1 aliphatic rings. The number of fused-ring (bicyclic) bond motifs is 1. The zero-order valence-electron chi connectivity index (χ0n) is 17.0. The molecule has 0 bridgehead atoms. The smallest absolute Gasteiger partial charge is 0.159 e. The van der Waals surface area contributed by atoms with Crippen LogP contribution < -0.4 is 4.74 Å². The van der Waals surface area contributed by atoms with Gasteiger partial charge < -0.3 is 14.5 Å². The maximum absolute atomic E-state index is 5.44. The second-order valence-electron chi connectivity index (χ2n) is 7.57. The highest BCUT2D eigenvalue weighted by atomic mass is 16.5. The van der Waals surface area contributed by atoms with Crippen LogP contribution in [0, 0.1) is 0 Å². The summed E-state index contributed by atoms with van der Waals surface area (Å²) < 4.78 is 12.6. The molecule has 30 heavy (non-hydrogen) atoms. The molecule has 0 radical (unpaired) electrons. The highest BCUT2D eigenvalue weighted by Gasteiger charge is 2.13. The number of hydrogen-bond acceptors (Lipinski definition) is 5. The van der Waals surface area contributed by atoms with Crippen LogP contribution in [0.15, 0.2) is 54.7 Å². The van der Waals surface area contributed by atoms with Crippen molar-refractivity contribution in [3.8, 4) is 17.3 Å². The number of nitrogens with one attached hydrogen (secondary N) is 1. The standard InChI is InChI=1S/C23H25N5O2/c1-29-19-5-2-17(3-6-19)16-28-9-8-21(26-28)23-24-20-7-4-18(14-22(20)25-23)15-27-10-12-30-13-11-27/h2-9,14H,10-13,15-16H2,1H3,(H,24,25). The first-order valence-electron chi connectivity index (χ1n) is 10.2. The van der Waals surface area contributed by atoms with Crippen LogP contribution in [0.3, 0.4) is 0 Å². The lowest BCUT2D eigenvalue weighted by Gasteiger charge is -2.26. The van der Waals surface area contributed by atoms with Gasteiger partial charge in [0.2, 0.25) is 0 Å². The van der Waals surface area contributed by atoms with Gasteiger partial charge in [-0.3, -0.25) is 9.58 Å². The monoisotopic (exact) mass is 403 g/mol. The summed E-state index contributed by atoms with van der Waals surface area (Å²) in [7, 11) is 1.67. The molecule has 1 aliphatic heterocycles. The number of imidazole rings is 1. The zero-order valence-corrected chi connectivity index (χ0v) is 17.0. The van der Waals surface area contributed by atoms with Crippen LogP contribution in [0.5, 0.6) is 5.75 Å².